The van der Waals surface area contributed by atoms with Gasteiger partial charge in [0.1, 0.15) is 16.8 Å². The van der Waals surface area contributed by atoms with Crippen LogP contribution in [0, 0.1) is 12.7 Å². The monoisotopic (exact) mass is 311 g/mol. The van der Waals surface area contributed by atoms with Gasteiger partial charge in [0, 0.05) is 5.56 Å². The first-order valence-electron chi connectivity index (χ1n) is 5.93. The summed E-state index contributed by atoms with van der Waals surface area (Å²) >= 11 is 0. The van der Waals surface area contributed by atoms with Crippen LogP contribution in [-0.4, -0.2) is 40.6 Å². The number of rotatable bonds is 0. The highest BCUT2D eigenvalue weighted by atomic mass is 19.1. The number of hydrogen-bond acceptors (Lipinski definition) is 7. The van der Waals surface area contributed by atoms with Crippen LogP contribution < -0.4 is 0 Å². The molecule has 2 aromatic carbocycles. The number of benzene rings is 2. The molecule has 116 valence electrons. The topological polar surface area (TPSA) is 147 Å². The van der Waals surface area contributed by atoms with Crippen molar-refractivity contribution in [2.24, 2.45) is 0 Å². The van der Waals surface area contributed by atoms with Gasteiger partial charge in [-0.25, -0.2) is 0 Å². The number of hydrogen-bond donors (Lipinski definition) is 7. The van der Waals surface area contributed by atoms with Gasteiger partial charge < -0.3 is 35.8 Å². The first-order valence-corrected chi connectivity index (χ1v) is 5.93. The van der Waals surface area contributed by atoms with Crippen molar-refractivity contribution in [1.29, 1.82) is 0 Å². The molecule has 0 unspecified atom stereocenters. The second-order valence-electron chi connectivity index (χ2n) is 4.79. The van der Waals surface area contributed by atoms with Crippen LogP contribution in [0.1, 0.15) is 5.56 Å². The Morgan fingerprint density at radius 1 is 0.682 bits per heavy atom. The van der Waals surface area contributed by atoms with Crippen molar-refractivity contribution in [3.05, 3.63) is 11.4 Å². The molecule has 1 aromatic heterocycles. The van der Waals surface area contributed by atoms with Crippen molar-refractivity contribution in [3.8, 4) is 34.5 Å². The summed E-state index contributed by atoms with van der Waals surface area (Å²) in [6, 6.07) is 0. The van der Waals surface area contributed by atoms with Crippen LogP contribution in [0.2, 0.25) is 0 Å². The van der Waals surface area contributed by atoms with Crippen molar-refractivity contribution in [3.63, 3.8) is 0 Å². The first-order chi connectivity index (χ1) is 10.2. The third kappa shape index (κ3) is 1.29. The summed E-state index contributed by atoms with van der Waals surface area (Å²) in [5.74, 6) is -7.45. The smallest absolute Gasteiger partial charge is 0.211 e. The molecule has 22 heavy (non-hydrogen) atoms. The summed E-state index contributed by atoms with van der Waals surface area (Å²) in [6.45, 7) is 1.24. The average Bonchev–Trinajstić information content (AvgIpc) is 2.80. The molecular formula is C13H10FNO7. The lowest BCUT2D eigenvalue weighted by molar-refractivity contribution is 0.208. The molecule has 0 radical (unpaired) electrons. The SMILES string of the molecule is Cc1c(O)c(O)c2c3c(O)c(F)c(O)c(O)c3n(O)c2c1O. The van der Waals surface area contributed by atoms with Crippen molar-refractivity contribution < 1.29 is 40.2 Å². The lowest BCUT2D eigenvalue weighted by atomic mass is 10.1. The quantitative estimate of drug-likeness (QED) is 0.190. The van der Waals surface area contributed by atoms with Gasteiger partial charge in [-0.2, -0.15) is 9.12 Å². The zero-order valence-electron chi connectivity index (χ0n) is 11.0. The molecule has 0 atom stereocenters. The van der Waals surface area contributed by atoms with E-state index >= 15 is 0 Å². The van der Waals surface area contributed by atoms with Gasteiger partial charge in [-0.3, -0.25) is 0 Å². The summed E-state index contributed by atoms with van der Waals surface area (Å²) in [7, 11) is 0. The Bertz CT molecular complexity index is 900. The lowest BCUT2D eigenvalue weighted by Gasteiger charge is -2.07. The minimum Gasteiger partial charge on any atom is -0.505 e. The Labute approximate surface area is 120 Å². The van der Waals surface area contributed by atoms with Crippen molar-refractivity contribution >= 4 is 21.8 Å². The van der Waals surface area contributed by atoms with Crippen LogP contribution in [0.25, 0.3) is 21.8 Å². The van der Waals surface area contributed by atoms with E-state index in [-0.39, 0.29) is 10.3 Å². The number of phenols is 6. The molecule has 0 aliphatic carbocycles. The van der Waals surface area contributed by atoms with Gasteiger partial charge in [-0.1, -0.05) is 0 Å². The summed E-state index contributed by atoms with van der Waals surface area (Å²) in [5.41, 5.74) is -1.33. The molecular weight excluding hydrogens is 301 g/mol. The standard InChI is InChI=1S/C13H10FNO7/c1-2-8(16)6-4(11(19)9(2)17)3-7(15(6)22)13(21)12(20)5(14)10(3)18/h16-22H,1H3. The van der Waals surface area contributed by atoms with Gasteiger partial charge in [0.15, 0.2) is 28.7 Å². The molecule has 9 heteroatoms. The normalized spacial score (nSPS) is 11.5. The van der Waals surface area contributed by atoms with Crippen LogP contribution in [0.15, 0.2) is 0 Å². The fraction of sp³-hybridized carbons (Fsp3) is 0.0769. The maximum Gasteiger partial charge on any atom is 0.211 e. The summed E-state index contributed by atoms with van der Waals surface area (Å²) in [5, 5.41) is 67.7. The van der Waals surface area contributed by atoms with E-state index in [1.807, 2.05) is 0 Å². The summed E-state index contributed by atoms with van der Waals surface area (Å²) in [6.07, 6.45) is 0. The first kappa shape index (κ1) is 13.7. The highest BCUT2D eigenvalue weighted by Gasteiger charge is 2.30. The van der Waals surface area contributed by atoms with Crippen LogP contribution in [0.3, 0.4) is 0 Å². The molecule has 0 saturated heterocycles. The molecule has 0 bridgehead atoms. The molecule has 3 aromatic rings. The van der Waals surface area contributed by atoms with Gasteiger partial charge in [0.05, 0.1) is 10.8 Å². The summed E-state index contributed by atoms with van der Waals surface area (Å²) in [4.78, 5) is 0. The number of halogens is 1. The highest BCUT2D eigenvalue weighted by Crippen LogP contribution is 2.53. The zero-order valence-corrected chi connectivity index (χ0v) is 11.0. The van der Waals surface area contributed by atoms with E-state index < -0.39 is 62.1 Å². The third-order valence-corrected chi connectivity index (χ3v) is 3.64. The minimum absolute atomic E-state index is 0.167. The second-order valence-corrected chi connectivity index (χ2v) is 4.79. The Hall–Kier alpha value is -3.23. The molecule has 0 amide bonds. The molecule has 7 N–H and O–H groups in total. The largest absolute Gasteiger partial charge is 0.505 e. The summed E-state index contributed by atoms with van der Waals surface area (Å²) < 4.78 is 13.9. The van der Waals surface area contributed by atoms with E-state index in [4.69, 9.17) is 0 Å². The second kappa shape index (κ2) is 3.91. The van der Waals surface area contributed by atoms with Crippen LogP contribution in [0.4, 0.5) is 4.39 Å². The van der Waals surface area contributed by atoms with Gasteiger partial charge in [0.2, 0.25) is 5.82 Å². The van der Waals surface area contributed by atoms with Crippen LogP contribution >= 0.6 is 0 Å². The molecule has 0 aliphatic heterocycles. The molecule has 8 nitrogen and oxygen atoms in total. The van der Waals surface area contributed by atoms with Crippen LogP contribution in [0.5, 0.6) is 34.5 Å². The van der Waals surface area contributed by atoms with E-state index in [2.05, 4.69) is 0 Å². The number of phenolic OH excluding ortho intramolecular Hbond substituents is 6. The Balaban J connectivity index is 2.81. The molecule has 0 spiro atoms. The minimum atomic E-state index is -1.59. The van der Waals surface area contributed by atoms with Crippen molar-refractivity contribution in [1.82, 2.24) is 4.73 Å². The third-order valence-electron chi connectivity index (χ3n) is 3.64. The van der Waals surface area contributed by atoms with Crippen molar-refractivity contribution in [2.45, 2.75) is 6.92 Å². The Kier molecular flexibility index (Phi) is 2.44. The maximum atomic E-state index is 13.7. The molecule has 0 fully saturated rings. The van der Waals surface area contributed by atoms with Gasteiger partial charge in [-0.15, -0.1) is 0 Å². The lowest BCUT2D eigenvalue weighted by Crippen LogP contribution is -1.92. The van der Waals surface area contributed by atoms with Gasteiger partial charge in [-0.05, 0) is 6.92 Å². The number of nitrogens with zero attached hydrogens (tertiary/aromatic N) is 1. The van der Waals surface area contributed by atoms with Gasteiger partial charge >= 0.3 is 0 Å². The average molecular weight is 311 g/mol. The van der Waals surface area contributed by atoms with E-state index in [1.165, 1.54) is 6.92 Å². The number of aromatic hydroxyl groups is 6. The van der Waals surface area contributed by atoms with E-state index in [9.17, 15) is 40.2 Å². The molecule has 0 saturated carbocycles. The predicted molar refractivity (Wildman–Crippen MR) is 71.3 cm³/mol. The zero-order chi connectivity index (χ0) is 16.5. The maximum absolute atomic E-state index is 13.7. The van der Waals surface area contributed by atoms with Crippen molar-refractivity contribution in [2.75, 3.05) is 0 Å². The molecule has 0 aliphatic rings. The fourth-order valence-electron chi connectivity index (χ4n) is 2.48. The van der Waals surface area contributed by atoms with E-state index in [0.717, 1.165) is 0 Å². The Morgan fingerprint density at radius 2 is 1.18 bits per heavy atom. The molecule has 3 rings (SSSR count). The molecule has 1 heterocycles. The number of fused-ring (bicyclic) bond motifs is 3. The number of aromatic nitrogens is 1. The van der Waals surface area contributed by atoms with Crippen LogP contribution in [-0.2, 0) is 0 Å². The predicted octanol–water partition coefficient (Wildman–Crippen LogP) is 1.71. The van der Waals surface area contributed by atoms with E-state index in [0.29, 0.717) is 0 Å². The fourth-order valence-corrected chi connectivity index (χ4v) is 2.48. The highest BCUT2D eigenvalue weighted by molar-refractivity contribution is 6.18. The van der Waals surface area contributed by atoms with E-state index in [1.54, 1.807) is 0 Å². The Morgan fingerprint density at radius 3 is 1.77 bits per heavy atom. The van der Waals surface area contributed by atoms with Gasteiger partial charge in [0.25, 0.3) is 0 Å².